The molecule has 0 amide bonds. The summed E-state index contributed by atoms with van der Waals surface area (Å²) in [5.41, 5.74) is 5.33. The fourth-order valence-electron chi connectivity index (χ4n) is 3.18. The standard InChI is InChI=1S/C22H25N5/c1-14(2)18-10-9-17(12-15(18)3)24-21-13-20(19-6-4-5-11-23-19)26-22(27-21)25-16-7-8-16/h4-6,9-14,16H,7-8H2,1-3H3,(H2,24,25,26,27). The van der Waals surface area contributed by atoms with Crippen LogP contribution in [0.25, 0.3) is 11.4 Å². The number of hydrogen-bond acceptors (Lipinski definition) is 5. The van der Waals surface area contributed by atoms with Crippen molar-refractivity contribution >= 4 is 17.5 Å². The summed E-state index contributed by atoms with van der Waals surface area (Å²) in [5.74, 6) is 1.94. The molecule has 2 heterocycles. The van der Waals surface area contributed by atoms with Gasteiger partial charge in [-0.1, -0.05) is 26.0 Å². The highest BCUT2D eigenvalue weighted by Gasteiger charge is 2.22. The van der Waals surface area contributed by atoms with Gasteiger partial charge in [-0.3, -0.25) is 4.98 Å². The van der Waals surface area contributed by atoms with Gasteiger partial charge in [0.15, 0.2) is 0 Å². The molecule has 0 bridgehead atoms. The third kappa shape index (κ3) is 4.25. The Bertz CT molecular complexity index is 933. The zero-order valence-corrected chi connectivity index (χ0v) is 16.0. The van der Waals surface area contributed by atoms with E-state index >= 15 is 0 Å². The predicted octanol–water partition coefficient (Wildman–Crippen LogP) is 5.29. The van der Waals surface area contributed by atoms with Crippen molar-refractivity contribution in [2.45, 2.75) is 45.6 Å². The molecule has 27 heavy (non-hydrogen) atoms. The predicted molar refractivity (Wildman–Crippen MR) is 110 cm³/mol. The van der Waals surface area contributed by atoms with Crippen LogP contribution in [-0.4, -0.2) is 21.0 Å². The molecule has 5 nitrogen and oxygen atoms in total. The zero-order valence-electron chi connectivity index (χ0n) is 16.0. The first-order chi connectivity index (χ1) is 13.1. The van der Waals surface area contributed by atoms with Crippen molar-refractivity contribution in [1.29, 1.82) is 0 Å². The highest BCUT2D eigenvalue weighted by Crippen LogP contribution is 2.28. The molecule has 0 aliphatic heterocycles. The summed E-state index contributed by atoms with van der Waals surface area (Å²) < 4.78 is 0. The van der Waals surface area contributed by atoms with E-state index in [9.17, 15) is 0 Å². The molecule has 1 aliphatic rings. The average Bonchev–Trinajstić information content (AvgIpc) is 3.46. The number of nitrogens with one attached hydrogen (secondary N) is 2. The first-order valence-corrected chi connectivity index (χ1v) is 9.53. The van der Waals surface area contributed by atoms with Gasteiger partial charge >= 0.3 is 0 Å². The number of anilines is 3. The van der Waals surface area contributed by atoms with Crippen molar-refractivity contribution in [3.63, 3.8) is 0 Å². The lowest BCUT2D eigenvalue weighted by Crippen LogP contribution is -2.08. The van der Waals surface area contributed by atoms with E-state index in [1.54, 1.807) is 6.20 Å². The fourth-order valence-corrected chi connectivity index (χ4v) is 3.18. The molecule has 2 N–H and O–H groups in total. The lowest BCUT2D eigenvalue weighted by atomic mass is 9.98. The van der Waals surface area contributed by atoms with Crippen molar-refractivity contribution in [3.05, 3.63) is 59.8 Å². The number of aromatic nitrogens is 3. The van der Waals surface area contributed by atoms with Gasteiger partial charge in [0.25, 0.3) is 0 Å². The Hall–Kier alpha value is -2.95. The minimum atomic E-state index is 0.490. The first-order valence-electron chi connectivity index (χ1n) is 9.53. The highest BCUT2D eigenvalue weighted by atomic mass is 15.2. The molecular weight excluding hydrogens is 334 g/mol. The Labute approximate surface area is 160 Å². The summed E-state index contributed by atoms with van der Waals surface area (Å²) in [6.07, 6.45) is 4.14. The number of benzene rings is 1. The minimum Gasteiger partial charge on any atom is -0.351 e. The molecule has 0 atom stereocenters. The van der Waals surface area contributed by atoms with E-state index in [0.717, 1.165) is 22.9 Å². The highest BCUT2D eigenvalue weighted by molar-refractivity contribution is 5.66. The topological polar surface area (TPSA) is 62.7 Å². The van der Waals surface area contributed by atoms with Crippen molar-refractivity contribution in [1.82, 2.24) is 15.0 Å². The zero-order chi connectivity index (χ0) is 18.8. The maximum absolute atomic E-state index is 4.66. The molecule has 1 aromatic carbocycles. The van der Waals surface area contributed by atoms with Crippen LogP contribution < -0.4 is 10.6 Å². The van der Waals surface area contributed by atoms with Crippen LogP contribution in [0.2, 0.25) is 0 Å². The quantitative estimate of drug-likeness (QED) is 0.626. The van der Waals surface area contributed by atoms with Crippen LogP contribution in [0.5, 0.6) is 0 Å². The first kappa shape index (κ1) is 17.5. The van der Waals surface area contributed by atoms with Gasteiger partial charge in [0, 0.05) is 24.0 Å². The number of pyridine rings is 1. The minimum absolute atomic E-state index is 0.490. The molecule has 0 spiro atoms. The number of nitrogens with zero attached hydrogens (tertiary/aromatic N) is 3. The summed E-state index contributed by atoms with van der Waals surface area (Å²) in [5, 5.41) is 6.83. The third-order valence-electron chi connectivity index (χ3n) is 4.73. The number of rotatable bonds is 6. The molecule has 0 radical (unpaired) electrons. The van der Waals surface area contributed by atoms with E-state index in [2.05, 4.69) is 64.6 Å². The summed E-state index contributed by atoms with van der Waals surface area (Å²) >= 11 is 0. The Balaban J connectivity index is 1.66. The van der Waals surface area contributed by atoms with Crippen LogP contribution in [0, 0.1) is 6.92 Å². The van der Waals surface area contributed by atoms with Gasteiger partial charge in [0.2, 0.25) is 5.95 Å². The normalized spacial score (nSPS) is 13.6. The number of hydrogen-bond donors (Lipinski definition) is 2. The van der Waals surface area contributed by atoms with Crippen molar-refractivity contribution in [3.8, 4) is 11.4 Å². The van der Waals surface area contributed by atoms with Gasteiger partial charge in [-0.05, 0) is 61.1 Å². The van der Waals surface area contributed by atoms with Crippen molar-refractivity contribution in [2.24, 2.45) is 0 Å². The molecule has 2 aromatic heterocycles. The summed E-state index contributed by atoms with van der Waals surface area (Å²) in [6.45, 7) is 6.59. The molecule has 5 heteroatoms. The molecule has 1 fully saturated rings. The summed E-state index contributed by atoms with van der Waals surface area (Å²) in [4.78, 5) is 13.7. The molecule has 3 aromatic rings. The lowest BCUT2D eigenvalue weighted by Gasteiger charge is -2.14. The number of aryl methyl sites for hydroxylation is 1. The third-order valence-corrected chi connectivity index (χ3v) is 4.73. The maximum atomic E-state index is 4.66. The lowest BCUT2D eigenvalue weighted by molar-refractivity contribution is 0.857. The molecule has 138 valence electrons. The average molecular weight is 359 g/mol. The molecule has 0 unspecified atom stereocenters. The molecule has 1 aliphatic carbocycles. The van der Waals surface area contributed by atoms with E-state index < -0.39 is 0 Å². The van der Waals surface area contributed by atoms with Crippen LogP contribution in [0.15, 0.2) is 48.7 Å². The van der Waals surface area contributed by atoms with Crippen molar-refractivity contribution < 1.29 is 0 Å². The largest absolute Gasteiger partial charge is 0.351 e. The summed E-state index contributed by atoms with van der Waals surface area (Å²) in [6, 6.07) is 14.8. The molecule has 4 rings (SSSR count). The second-order valence-electron chi connectivity index (χ2n) is 7.45. The van der Waals surface area contributed by atoms with E-state index in [0.29, 0.717) is 17.9 Å². The molecule has 0 saturated heterocycles. The van der Waals surface area contributed by atoms with Gasteiger partial charge in [0.05, 0.1) is 11.4 Å². The smallest absolute Gasteiger partial charge is 0.225 e. The van der Waals surface area contributed by atoms with E-state index in [-0.39, 0.29) is 0 Å². The Morgan fingerprint density at radius 3 is 2.52 bits per heavy atom. The van der Waals surface area contributed by atoms with Crippen molar-refractivity contribution in [2.75, 3.05) is 10.6 Å². The fraction of sp³-hybridized carbons (Fsp3) is 0.318. The van der Waals surface area contributed by atoms with Gasteiger partial charge in [-0.2, -0.15) is 4.98 Å². The Morgan fingerprint density at radius 1 is 1.00 bits per heavy atom. The van der Waals surface area contributed by atoms with Gasteiger partial charge in [-0.25, -0.2) is 4.98 Å². The van der Waals surface area contributed by atoms with E-state index in [4.69, 9.17) is 0 Å². The van der Waals surface area contributed by atoms with Gasteiger partial charge in [-0.15, -0.1) is 0 Å². The maximum Gasteiger partial charge on any atom is 0.225 e. The second-order valence-corrected chi connectivity index (χ2v) is 7.45. The van der Waals surface area contributed by atoms with Crippen LogP contribution >= 0.6 is 0 Å². The SMILES string of the molecule is Cc1cc(Nc2cc(-c3ccccn3)nc(NC3CC3)n2)ccc1C(C)C. The molecular formula is C22H25N5. The second kappa shape index (κ2) is 7.35. The Morgan fingerprint density at radius 2 is 1.85 bits per heavy atom. The summed E-state index contributed by atoms with van der Waals surface area (Å²) in [7, 11) is 0. The van der Waals surface area contributed by atoms with Crippen LogP contribution in [0.4, 0.5) is 17.5 Å². The van der Waals surface area contributed by atoms with Crippen LogP contribution in [0.1, 0.15) is 43.7 Å². The van der Waals surface area contributed by atoms with E-state index in [1.807, 2.05) is 24.3 Å². The molecule has 1 saturated carbocycles. The Kier molecular flexibility index (Phi) is 4.75. The van der Waals surface area contributed by atoms with Gasteiger partial charge in [0.1, 0.15) is 5.82 Å². The van der Waals surface area contributed by atoms with Crippen LogP contribution in [0.3, 0.4) is 0 Å². The van der Waals surface area contributed by atoms with Crippen LogP contribution in [-0.2, 0) is 0 Å². The van der Waals surface area contributed by atoms with E-state index in [1.165, 1.54) is 24.0 Å². The monoisotopic (exact) mass is 359 g/mol. The van der Waals surface area contributed by atoms with Gasteiger partial charge < -0.3 is 10.6 Å².